The Hall–Kier alpha value is -3.67. The van der Waals surface area contributed by atoms with E-state index in [0.717, 1.165) is 6.08 Å². The van der Waals surface area contributed by atoms with Crippen LogP contribution in [0.15, 0.2) is 49.7 Å². The van der Waals surface area contributed by atoms with Crippen molar-refractivity contribution < 1.29 is 22.8 Å². The van der Waals surface area contributed by atoms with Gasteiger partial charge in [-0.25, -0.2) is 9.97 Å². The van der Waals surface area contributed by atoms with Gasteiger partial charge in [-0.05, 0) is 31.6 Å². The lowest BCUT2D eigenvalue weighted by Gasteiger charge is -2.23. The molecule has 0 aliphatic rings. The van der Waals surface area contributed by atoms with Crippen molar-refractivity contribution in [1.82, 2.24) is 19.9 Å². The molecule has 0 spiro atoms. The standard InChI is InChI=1S/C20H17F3N6O2S/c1-4-16(30)28-15-10-25-13(8-26-15)11-5-12(7-24-6-11)19(2,3)17(31)29-18-27-9-14(32-18)20(21,22)23/h4-10H,1H2,2-3H3,(H,26,28,30)(H,27,29,31). The third kappa shape index (κ3) is 5.14. The predicted octanol–water partition coefficient (Wildman–Crippen LogP) is 4.05. The van der Waals surface area contributed by atoms with Crippen LogP contribution in [0, 0.1) is 0 Å². The fourth-order valence-electron chi connectivity index (χ4n) is 2.49. The van der Waals surface area contributed by atoms with E-state index in [-0.39, 0.29) is 10.9 Å². The van der Waals surface area contributed by atoms with Crippen molar-refractivity contribution >= 4 is 34.1 Å². The zero-order valence-electron chi connectivity index (χ0n) is 16.9. The number of pyridine rings is 1. The lowest BCUT2D eigenvalue weighted by Crippen LogP contribution is -2.34. The van der Waals surface area contributed by atoms with Gasteiger partial charge in [-0.3, -0.25) is 19.6 Å². The SMILES string of the molecule is C=CC(=O)Nc1cnc(-c2cncc(C(C)(C)C(=O)Nc3ncc(C(F)(F)F)s3)c2)cn1. The van der Waals surface area contributed by atoms with E-state index in [2.05, 4.69) is 37.1 Å². The maximum absolute atomic E-state index is 12.8. The normalized spacial score (nSPS) is 11.7. The summed E-state index contributed by atoms with van der Waals surface area (Å²) < 4.78 is 38.3. The number of anilines is 2. The number of rotatable bonds is 6. The topological polar surface area (TPSA) is 110 Å². The molecule has 0 aromatic carbocycles. The summed E-state index contributed by atoms with van der Waals surface area (Å²) >= 11 is 0.348. The van der Waals surface area contributed by atoms with Crippen molar-refractivity contribution in [2.45, 2.75) is 25.4 Å². The largest absolute Gasteiger partial charge is 0.427 e. The van der Waals surface area contributed by atoms with E-state index in [1.807, 2.05) is 0 Å². The second kappa shape index (κ2) is 8.83. The number of alkyl halides is 3. The van der Waals surface area contributed by atoms with Crippen LogP contribution in [0.5, 0.6) is 0 Å². The van der Waals surface area contributed by atoms with Crippen molar-refractivity contribution in [3.8, 4) is 11.3 Å². The van der Waals surface area contributed by atoms with Crippen LogP contribution in [-0.2, 0) is 21.2 Å². The smallest absolute Gasteiger partial charge is 0.306 e. The second-order valence-electron chi connectivity index (χ2n) is 7.05. The molecule has 0 aliphatic heterocycles. The lowest BCUT2D eigenvalue weighted by molar-refractivity contribution is -0.134. The highest BCUT2D eigenvalue weighted by atomic mass is 32.1. The predicted molar refractivity (Wildman–Crippen MR) is 113 cm³/mol. The van der Waals surface area contributed by atoms with Crippen LogP contribution in [0.25, 0.3) is 11.3 Å². The molecule has 12 heteroatoms. The van der Waals surface area contributed by atoms with E-state index in [0.29, 0.717) is 34.4 Å². The molecular formula is C20H17F3N6O2S. The summed E-state index contributed by atoms with van der Waals surface area (Å²) in [6.07, 6.45) is 3.06. The van der Waals surface area contributed by atoms with Gasteiger partial charge in [0.05, 0.1) is 29.7 Å². The van der Waals surface area contributed by atoms with Crippen molar-refractivity contribution in [3.05, 3.63) is 60.1 Å². The zero-order valence-corrected chi connectivity index (χ0v) is 17.7. The maximum atomic E-state index is 12.8. The number of nitrogens with one attached hydrogen (secondary N) is 2. The molecule has 2 N–H and O–H groups in total. The summed E-state index contributed by atoms with van der Waals surface area (Å²) in [5.74, 6) is -0.733. The van der Waals surface area contributed by atoms with Crippen molar-refractivity contribution in [2.24, 2.45) is 0 Å². The molecule has 0 atom stereocenters. The van der Waals surface area contributed by atoms with Crippen molar-refractivity contribution in [3.63, 3.8) is 0 Å². The molecule has 32 heavy (non-hydrogen) atoms. The maximum Gasteiger partial charge on any atom is 0.427 e. The fraction of sp³-hybridized carbons (Fsp3) is 0.200. The molecule has 0 saturated heterocycles. The number of nitrogens with zero attached hydrogens (tertiary/aromatic N) is 4. The van der Waals surface area contributed by atoms with Gasteiger partial charge in [0.25, 0.3) is 0 Å². The third-order valence-corrected chi connectivity index (χ3v) is 5.38. The number of hydrogen-bond donors (Lipinski definition) is 2. The Morgan fingerprint density at radius 2 is 1.78 bits per heavy atom. The van der Waals surface area contributed by atoms with Gasteiger partial charge in [0.15, 0.2) is 10.9 Å². The fourth-order valence-corrected chi connectivity index (χ4v) is 3.17. The molecule has 3 rings (SSSR count). The molecule has 166 valence electrons. The molecule has 3 aromatic heterocycles. The summed E-state index contributed by atoms with van der Waals surface area (Å²) in [5.41, 5.74) is 0.372. The van der Waals surface area contributed by atoms with Gasteiger partial charge in [-0.1, -0.05) is 17.9 Å². The first-order valence-corrected chi connectivity index (χ1v) is 9.88. The highest BCUT2D eigenvalue weighted by Crippen LogP contribution is 2.36. The number of thiazole rings is 1. The molecule has 3 heterocycles. The van der Waals surface area contributed by atoms with Gasteiger partial charge in [0.2, 0.25) is 11.8 Å². The third-order valence-electron chi connectivity index (χ3n) is 4.42. The van der Waals surface area contributed by atoms with Crippen LogP contribution in [-0.4, -0.2) is 31.8 Å². The number of hydrogen-bond acceptors (Lipinski definition) is 7. The van der Waals surface area contributed by atoms with Crippen LogP contribution >= 0.6 is 11.3 Å². The molecule has 0 radical (unpaired) electrons. The summed E-state index contributed by atoms with van der Waals surface area (Å²) in [7, 11) is 0. The minimum absolute atomic E-state index is 0.150. The number of carbonyl (C=O) groups is 2. The summed E-state index contributed by atoms with van der Waals surface area (Å²) in [4.78, 5) is 39.3. The summed E-state index contributed by atoms with van der Waals surface area (Å²) in [6.45, 7) is 6.58. The van der Waals surface area contributed by atoms with Crippen molar-refractivity contribution in [2.75, 3.05) is 10.6 Å². The van der Waals surface area contributed by atoms with E-state index >= 15 is 0 Å². The van der Waals surface area contributed by atoms with Gasteiger partial charge in [-0.15, -0.1) is 0 Å². The molecule has 3 aromatic rings. The van der Waals surface area contributed by atoms with Crippen LogP contribution in [0.1, 0.15) is 24.3 Å². The Bertz CT molecular complexity index is 1160. The van der Waals surface area contributed by atoms with Crippen LogP contribution in [0.3, 0.4) is 0 Å². The Balaban J connectivity index is 1.79. The molecule has 8 nitrogen and oxygen atoms in total. The Morgan fingerprint density at radius 3 is 2.38 bits per heavy atom. The second-order valence-corrected chi connectivity index (χ2v) is 8.08. The van der Waals surface area contributed by atoms with Gasteiger partial charge >= 0.3 is 6.18 Å². The molecule has 0 aliphatic carbocycles. The minimum Gasteiger partial charge on any atom is -0.306 e. The minimum atomic E-state index is -4.53. The van der Waals surface area contributed by atoms with E-state index in [1.54, 1.807) is 19.9 Å². The van der Waals surface area contributed by atoms with Gasteiger partial charge in [0, 0.05) is 18.0 Å². The average Bonchev–Trinajstić information content (AvgIpc) is 3.23. The Morgan fingerprint density at radius 1 is 1.03 bits per heavy atom. The van der Waals surface area contributed by atoms with Crippen molar-refractivity contribution in [1.29, 1.82) is 0 Å². The molecule has 0 unspecified atom stereocenters. The summed E-state index contributed by atoms with van der Waals surface area (Å²) in [5, 5.41) is 4.76. The monoisotopic (exact) mass is 462 g/mol. The van der Waals surface area contributed by atoms with Crippen LogP contribution in [0.2, 0.25) is 0 Å². The van der Waals surface area contributed by atoms with E-state index in [4.69, 9.17) is 0 Å². The Labute approximate surface area is 184 Å². The Kier molecular flexibility index (Phi) is 6.35. The highest BCUT2D eigenvalue weighted by molar-refractivity contribution is 7.15. The zero-order chi connectivity index (χ0) is 23.5. The molecule has 0 saturated carbocycles. The first-order chi connectivity index (χ1) is 15.0. The van der Waals surface area contributed by atoms with E-state index < -0.39 is 28.3 Å². The number of amides is 2. The number of aromatic nitrogens is 4. The van der Waals surface area contributed by atoms with E-state index in [9.17, 15) is 22.8 Å². The quantitative estimate of drug-likeness (QED) is 0.535. The number of carbonyl (C=O) groups excluding carboxylic acids is 2. The molecule has 2 amide bonds. The number of halogens is 3. The average molecular weight is 462 g/mol. The van der Waals surface area contributed by atoms with Crippen LogP contribution < -0.4 is 10.6 Å². The lowest BCUT2D eigenvalue weighted by atomic mass is 9.84. The molecular weight excluding hydrogens is 445 g/mol. The highest BCUT2D eigenvalue weighted by Gasteiger charge is 2.35. The first kappa shape index (κ1) is 23.0. The summed E-state index contributed by atoms with van der Waals surface area (Å²) in [6, 6.07) is 1.68. The van der Waals surface area contributed by atoms with Crippen LogP contribution in [0.4, 0.5) is 24.1 Å². The first-order valence-electron chi connectivity index (χ1n) is 9.06. The van der Waals surface area contributed by atoms with E-state index in [1.165, 1.54) is 24.8 Å². The molecule has 0 fully saturated rings. The van der Waals surface area contributed by atoms with Gasteiger partial charge < -0.3 is 10.6 Å². The van der Waals surface area contributed by atoms with Gasteiger partial charge in [-0.2, -0.15) is 13.2 Å². The molecule has 0 bridgehead atoms. The van der Waals surface area contributed by atoms with Gasteiger partial charge in [0.1, 0.15) is 4.88 Å².